The number of hydrogen-bond acceptors (Lipinski definition) is 6. The average Bonchev–Trinajstić information content (AvgIpc) is 2.85. The fourth-order valence-electron chi connectivity index (χ4n) is 3.15. The molecule has 0 aliphatic rings. The number of rotatable bonds is 6. The van der Waals surface area contributed by atoms with E-state index >= 15 is 0 Å². The molecule has 0 bridgehead atoms. The third-order valence-corrected chi connectivity index (χ3v) is 4.95. The summed E-state index contributed by atoms with van der Waals surface area (Å²) in [6, 6.07) is 14.2. The van der Waals surface area contributed by atoms with E-state index in [9.17, 15) is 31.1 Å². The number of ether oxygens (including phenoxy) is 1. The van der Waals surface area contributed by atoms with E-state index in [1.54, 1.807) is 0 Å². The van der Waals surface area contributed by atoms with Gasteiger partial charge in [-0.1, -0.05) is 0 Å². The van der Waals surface area contributed by atoms with Crippen LogP contribution >= 0.6 is 0 Å². The molecule has 2 aromatic heterocycles. The first-order chi connectivity index (χ1) is 17.5. The van der Waals surface area contributed by atoms with E-state index in [1.165, 1.54) is 60.9 Å². The molecule has 6 nitrogen and oxygen atoms in total. The molecule has 12 heteroatoms. The van der Waals surface area contributed by atoms with Crippen molar-refractivity contribution in [3.63, 3.8) is 0 Å². The Morgan fingerprint density at radius 1 is 0.649 bits per heavy atom. The molecule has 0 unspecified atom stereocenters. The van der Waals surface area contributed by atoms with Crippen LogP contribution in [0.1, 0.15) is 21.5 Å². The summed E-state index contributed by atoms with van der Waals surface area (Å²) in [6.45, 7) is 0. The van der Waals surface area contributed by atoms with Crippen LogP contribution in [-0.4, -0.2) is 15.9 Å². The van der Waals surface area contributed by atoms with Gasteiger partial charge in [-0.2, -0.15) is 26.3 Å². The van der Waals surface area contributed by atoms with Gasteiger partial charge in [0.25, 0.3) is 0 Å². The highest BCUT2D eigenvalue weighted by Gasteiger charge is 2.31. The Morgan fingerprint density at radius 3 is 1.62 bits per heavy atom. The Labute approximate surface area is 206 Å². The highest BCUT2D eigenvalue weighted by molar-refractivity contribution is 5.97. The second-order valence-electron chi connectivity index (χ2n) is 7.54. The predicted octanol–water partition coefficient (Wildman–Crippen LogP) is 7.22. The van der Waals surface area contributed by atoms with Crippen LogP contribution in [0.25, 0.3) is 0 Å². The molecule has 0 saturated heterocycles. The number of nitrogens with one attached hydrogen (secondary N) is 2. The number of esters is 1. The number of nitrogens with zero attached hydrogens (tertiary/aromatic N) is 2. The maximum Gasteiger partial charge on any atom is 0.416 e. The van der Waals surface area contributed by atoms with Crippen molar-refractivity contribution in [2.75, 3.05) is 10.6 Å². The van der Waals surface area contributed by atoms with E-state index in [1.807, 2.05) is 0 Å². The number of pyridine rings is 2. The van der Waals surface area contributed by atoms with Crippen molar-refractivity contribution in [2.45, 2.75) is 12.4 Å². The van der Waals surface area contributed by atoms with Crippen LogP contribution in [0, 0.1) is 0 Å². The number of aromatic nitrogens is 2. The molecule has 0 fully saturated rings. The molecule has 2 heterocycles. The third-order valence-electron chi connectivity index (χ3n) is 4.95. The van der Waals surface area contributed by atoms with E-state index in [-0.39, 0.29) is 34.3 Å². The predicted molar refractivity (Wildman–Crippen MR) is 123 cm³/mol. The number of anilines is 4. The maximum atomic E-state index is 12.9. The van der Waals surface area contributed by atoms with E-state index in [4.69, 9.17) is 4.74 Å². The van der Waals surface area contributed by atoms with Gasteiger partial charge in [0.15, 0.2) is 11.6 Å². The lowest BCUT2D eigenvalue weighted by Gasteiger charge is -2.14. The molecule has 0 aliphatic heterocycles. The summed E-state index contributed by atoms with van der Waals surface area (Å²) >= 11 is 0. The quantitative estimate of drug-likeness (QED) is 0.207. The molecule has 0 aliphatic carbocycles. The number of hydrogen-bond donors (Lipinski definition) is 2. The van der Waals surface area contributed by atoms with Gasteiger partial charge in [0, 0.05) is 23.8 Å². The topological polar surface area (TPSA) is 76.1 Å². The lowest BCUT2D eigenvalue weighted by Crippen LogP contribution is -2.13. The van der Waals surface area contributed by atoms with Gasteiger partial charge in [0.05, 0.1) is 11.1 Å². The van der Waals surface area contributed by atoms with Crippen LogP contribution < -0.4 is 15.4 Å². The molecule has 4 rings (SSSR count). The lowest BCUT2D eigenvalue weighted by molar-refractivity contribution is -0.138. The zero-order chi connectivity index (χ0) is 26.6. The zero-order valence-corrected chi connectivity index (χ0v) is 18.6. The van der Waals surface area contributed by atoms with Crippen LogP contribution in [0.15, 0.2) is 85.2 Å². The van der Waals surface area contributed by atoms with Gasteiger partial charge in [-0.05, 0) is 72.8 Å². The summed E-state index contributed by atoms with van der Waals surface area (Å²) in [5.74, 6) is -0.771. The minimum absolute atomic E-state index is 0.0169. The smallest absolute Gasteiger partial charge is 0.416 e. The number of halogens is 6. The molecule has 190 valence electrons. The normalized spacial score (nSPS) is 11.6. The first-order valence-corrected chi connectivity index (χ1v) is 10.5. The van der Waals surface area contributed by atoms with Crippen molar-refractivity contribution in [2.24, 2.45) is 0 Å². The van der Waals surface area contributed by atoms with Crippen LogP contribution in [0.3, 0.4) is 0 Å². The molecule has 2 N–H and O–H groups in total. The summed E-state index contributed by atoms with van der Waals surface area (Å²) in [7, 11) is 0. The van der Waals surface area contributed by atoms with Crippen LogP contribution in [0.4, 0.5) is 49.4 Å². The molecule has 0 atom stereocenters. The number of benzene rings is 2. The van der Waals surface area contributed by atoms with E-state index < -0.39 is 29.4 Å². The van der Waals surface area contributed by atoms with Gasteiger partial charge in [0.1, 0.15) is 11.4 Å². The number of carbonyl (C=O) groups is 1. The third kappa shape index (κ3) is 6.34. The van der Waals surface area contributed by atoms with Crippen LogP contribution in [0.5, 0.6) is 5.75 Å². The van der Waals surface area contributed by atoms with Crippen molar-refractivity contribution in [1.82, 2.24) is 9.97 Å². The first-order valence-electron chi connectivity index (χ1n) is 10.5. The molecular formula is C25H16F6N4O2. The highest BCUT2D eigenvalue weighted by Crippen LogP contribution is 2.33. The lowest BCUT2D eigenvalue weighted by atomic mass is 10.2. The largest absolute Gasteiger partial charge is 0.419 e. The standard InChI is InChI=1S/C25H16F6N4O2/c26-24(27,28)15-5-9-17(10-6-15)34-21-19(3-1-13-32-21)23(36)37-20-4-2-14-33-22(20)35-18-11-7-16(8-12-18)25(29,30)31/h1-14H,(H,32,34)(H,33,35). The number of alkyl halides is 6. The molecular weight excluding hydrogens is 502 g/mol. The van der Waals surface area contributed by atoms with Crippen molar-refractivity contribution in [3.05, 3.63) is 102 Å². The van der Waals surface area contributed by atoms with E-state index in [0.29, 0.717) is 0 Å². The summed E-state index contributed by atoms with van der Waals surface area (Å²) in [5, 5.41) is 5.59. The molecule has 0 spiro atoms. The Bertz CT molecular complexity index is 1390. The highest BCUT2D eigenvalue weighted by atomic mass is 19.4. The summed E-state index contributed by atoms with van der Waals surface area (Å²) in [6.07, 6.45) is -6.20. The maximum absolute atomic E-state index is 12.9. The molecule has 0 saturated carbocycles. The summed E-state index contributed by atoms with van der Waals surface area (Å²) < 4.78 is 82.3. The van der Waals surface area contributed by atoms with Crippen molar-refractivity contribution in [1.29, 1.82) is 0 Å². The molecule has 4 aromatic rings. The van der Waals surface area contributed by atoms with Gasteiger partial charge in [-0.25, -0.2) is 14.8 Å². The van der Waals surface area contributed by atoms with E-state index in [2.05, 4.69) is 20.6 Å². The first kappa shape index (κ1) is 25.5. The minimum atomic E-state index is -4.49. The van der Waals surface area contributed by atoms with E-state index in [0.717, 1.165) is 24.3 Å². The van der Waals surface area contributed by atoms with Crippen molar-refractivity contribution < 1.29 is 35.9 Å². The van der Waals surface area contributed by atoms with Gasteiger partial charge in [0.2, 0.25) is 0 Å². The van der Waals surface area contributed by atoms with Gasteiger partial charge < -0.3 is 15.4 Å². The van der Waals surface area contributed by atoms with Gasteiger partial charge in [-0.3, -0.25) is 0 Å². The SMILES string of the molecule is O=C(Oc1cccnc1Nc1ccc(C(F)(F)F)cc1)c1cccnc1Nc1ccc(C(F)(F)F)cc1. The van der Waals surface area contributed by atoms with Crippen LogP contribution in [-0.2, 0) is 12.4 Å². The number of carbonyl (C=O) groups excluding carboxylic acids is 1. The molecule has 37 heavy (non-hydrogen) atoms. The Hall–Kier alpha value is -4.61. The van der Waals surface area contributed by atoms with Gasteiger partial charge >= 0.3 is 18.3 Å². The summed E-state index contributed by atoms with van der Waals surface area (Å²) in [5.41, 5.74) is -1.15. The minimum Gasteiger partial charge on any atom is -0.419 e. The molecule has 0 radical (unpaired) electrons. The van der Waals surface area contributed by atoms with Crippen molar-refractivity contribution in [3.8, 4) is 5.75 Å². The second kappa shape index (κ2) is 10.2. The zero-order valence-electron chi connectivity index (χ0n) is 18.6. The second-order valence-corrected chi connectivity index (χ2v) is 7.54. The Balaban J connectivity index is 1.52. The van der Waals surface area contributed by atoms with Crippen LogP contribution in [0.2, 0.25) is 0 Å². The molecule has 2 aromatic carbocycles. The van der Waals surface area contributed by atoms with Gasteiger partial charge in [-0.15, -0.1) is 0 Å². The fraction of sp³-hybridized carbons (Fsp3) is 0.0800. The Morgan fingerprint density at radius 2 is 1.11 bits per heavy atom. The Kier molecular flexibility index (Phi) is 7.00. The molecule has 0 amide bonds. The average molecular weight is 518 g/mol. The summed E-state index contributed by atoms with van der Waals surface area (Å²) in [4.78, 5) is 21.1. The fourth-order valence-corrected chi connectivity index (χ4v) is 3.15. The van der Waals surface area contributed by atoms with Crippen molar-refractivity contribution >= 4 is 29.0 Å². The monoisotopic (exact) mass is 518 g/mol.